The molecule has 5 atom stereocenters. The zero-order valence-electron chi connectivity index (χ0n) is 20.9. The van der Waals surface area contributed by atoms with Crippen LogP contribution in [0.25, 0.3) is 0 Å². The van der Waals surface area contributed by atoms with Crippen molar-refractivity contribution in [3.05, 3.63) is 95.6 Å². The summed E-state index contributed by atoms with van der Waals surface area (Å²) in [5, 5.41) is 0. The number of hydrogen-bond donors (Lipinski definition) is 0. The summed E-state index contributed by atoms with van der Waals surface area (Å²) in [4.78, 5) is 53.1. The van der Waals surface area contributed by atoms with Crippen LogP contribution in [0.5, 0.6) is 5.75 Å². The number of amides is 2. The van der Waals surface area contributed by atoms with Crippen molar-refractivity contribution in [1.82, 2.24) is 0 Å². The van der Waals surface area contributed by atoms with E-state index in [0.717, 1.165) is 12.8 Å². The predicted molar refractivity (Wildman–Crippen MR) is 139 cm³/mol. The van der Waals surface area contributed by atoms with Gasteiger partial charge in [0, 0.05) is 5.56 Å². The Balaban J connectivity index is 1.13. The third-order valence-electron chi connectivity index (χ3n) is 8.33. The van der Waals surface area contributed by atoms with E-state index in [4.69, 9.17) is 9.47 Å². The van der Waals surface area contributed by atoms with Crippen molar-refractivity contribution in [3.63, 3.8) is 0 Å². The zero-order valence-corrected chi connectivity index (χ0v) is 20.9. The molecule has 0 spiro atoms. The molecule has 2 amide bonds. The highest BCUT2D eigenvalue weighted by Gasteiger charge is 2.64. The summed E-state index contributed by atoms with van der Waals surface area (Å²) < 4.78 is 10.3. The molecule has 0 aromatic heterocycles. The molecule has 1 saturated heterocycles. The van der Waals surface area contributed by atoms with Crippen LogP contribution < -0.4 is 9.64 Å². The van der Waals surface area contributed by atoms with Crippen molar-refractivity contribution in [2.24, 2.45) is 23.7 Å². The number of Topliss-reactive ketones (excluding diaryl/α,β-unsaturated/α-hetero) is 1. The van der Waals surface area contributed by atoms with Crippen LogP contribution in [0.1, 0.15) is 45.0 Å². The molecular formula is C31H27NO6. The van der Waals surface area contributed by atoms with Gasteiger partial charge in [0.15, 0.2) is 12.4 Å². The summed E-state index contributed by atoms with van der Waals surface area (Å²) in [6, 6.07) is 23.1. The number of fused-ring (bicyclic) bond motifs is 5. The average molecular weight is 510 g/mol. The molecule has 2 aliphatic carbocycles. The van der Waals surface area contributed by atoms with Crippen molar-refractivity contribution in [2.45, 2.75) is 18.8 Å². The quantitative estimate of drug-likeness (QED) is 0.261. The molecule has 3 aliphatic rings. The molecule has 1 heterocycles. The first-order chi connectivity index (χ1) is 18.5. The van der Waals surface area contributed by atoms with E-state index in [-0.39, 0.29) is 46.8 Å². The van der Waals surface area contributed by atoms with Crippen LogP contribution in [0.2, 0.25) is 0 Å². The van der Waals surface area contributed by atoms with Crippen LogP contribution in [0.3, 0.4) is 0 Å². The summed E-state index contributed by atoms with van der Waals surface area (Å²) >= 11 is 0. The second-order valence-corrected chi connectivity index (χ2v) is 10.3. The van der Waals surface area contributed by atoms with Crippen LogP contribution >= 0.6 is 0 Å². The van der Waals surface area contributed by atoms with E-state index in [9.17, 15) is 19.2 Å². The number of imide groups is 1. The first kappa shape index (κ1) is 24.1. The largest absolute Gasteiger partial charge is 0.497 e. The topological polar surface area (TPSA) is 90.0 Å². The van der Waals surface area contributed by atoms with Gasteiger partial charge in [0.2, 0.25) is 11.8 Å². The third-order valence-corrected chi connectivity index (χ3v) is 8.33. The number of carbonyl (C=O) groups excluding carboxylic acids is 4. The summed E-state index contributed by atoms with van der Waals surface area (Å²) in [5.74, 6) is -0.626. The number of ether oxygens (including phenoxy) is 2. The van der Waals surface area contributed by atoms with Crippen molar-refractivity contribution in [3.8, 4) is 5.75 Å². The molecule has 3 aromatic rings. The van der Waals surface area contributed by atoms with E-state index in [0.29, 0.717) is 22.9 Å². The van der Waals surface area contributed by atoms with Gasteiger partial charge in [-0.2, -0.15) is 0 Å². The Morgan fingerprint density at radius 2 is 1.58 bits per heavy atom. The number of rotatable bonds is 7. The molecule has 3 aromatic carbocycles. The first-order valence-electron chi connectivity index (χ1n) is 12.8. The lowest BCUT2D eigenvalue weighted by Gasteiger charge is -2.28. The van der Waals surface area contributed by atoms with Gasteiger partial charge in [-0.1, -0.05) is 42.5 Å². The number of hydrogen-bond acceptors (Lipinski definition) is 6. The molecule has 1 aliphatic heterocycles. The standard InChI is InChI=1S/C31H27NO6/c1-37-23-9-5-8-20(14-23)26(33)17-38-31(36)19-10-12-22(13-11-19)32-29(34)27-21-15-24(18-6-3-2-4-7-18)25(16-21)28(27)30(32)35/h2-14,21,24-25,27-28H,15-17H2,1H3/t21-,24-,25+,27+,28-/m0/s1. The number of carbonyl (C=O) groups is 4. The average Bonchev–Trinajstić information content (AvgIpc) is 3.63. The highest BCUT2D eigenvalue weighted by Crippen LogP contribution is 2.61. The predicted octanol–water partition coefficient (Wildman–Crippen LogP) is 4.66. The van der Waals surface area contributed by atoms with Crippen LogP contribution in [-0.2, 0) is 14.3 Å². The summed E-state index contributed by atoms with van der Waals surface area (Å²) in [6.45, 7) is -0.411. The van der Waals surface area contributed by atoms with E-state index in [2.05, 4.69) is 12.1 Å². The number of benzene rings is 3. The monoisotopic (exact) mass is 509 g/mol. The highest BCUT2D eigenvalue weighted by molar-refractivity contribution is 6.22. The molecular weight excluding hydrogens is 482 g/mol. The van der Waals surface area contributed by atoms with Crippen LogP contribution in [0.15, 0.2) is 78.9 Å². The molecule has 38 heavy (non-hydrogen) atoms. The normalized spacial score (nSPS) is 25.4. The number of methoxy groups -OCH3 is 1. The summed E-state index contributed by atoms with van der Waals surface area (Å²) in [7, 11) is 1.51. The minimum absolute atomic E-state index is 0.141. The molecule has 2 saturated carbocycles. The van der Waals surface area contributed by atoms with E-state index in [1.165, 1.54) is 29.7 Å². The van der Waals surface area contributed by atoms with E-state index in [1.54, 1.807) is 36.4 Å². The van der Waals surface area contributed by atoms with Gasteiger partial charge in [-0.05, 0) is 72.6 Å². The van der Waals surface area contributed by atoms with Gasteiger partial charge in [0.05, 0.1) is 30.2 Å². The van der Waals surface area contributed by atoms with E-state index in [1.807, 2.05) is 18.2 Å². The lowest BCUT2D eigenvalue weighted by Crippen LogP contribution is -2.33. The maximum atomic E-state index is 13.5. The smallest absolute Gasteiger partial charge is 0.338 e. The molecule has 0 unspecified atom stereocenters. The fourth-order valence-electron chi connectivity index (χ4n) is 6.64. The Bertz CT molecular complexity index is 1420. The summed E-state index contributed by atoms with van der Waals surface area (Å²) in [6.07, 6.45) is 1.85. The van der Waals surface area contributed by atoms with Gasteiger partial charge in [0.1, 0.15) is 5.75 Å². The van der Waals surface area contributed by atoms with Gasteiger partial charge in [-0.15, -0.1) is 0 Å². The first-order valence-corrected chi connectivity index (χ1v) is 12.8. The second-order valence-electron chi connectivity index (χ2n) is 10.3. The molecule has 0 N–H and O–H groups in total. The maximum Gasteiger partial charge on any atom is 0.338 e. The Hall–Kier alpha value is -4.26. The minimum Gasteiger partial charge on any atom is -0.497 e. The maximum absolute atomic E-state index is 13.5. The van der Waals surface area contributed by atoms with Gasteiger partial charge < -0.3 is 9.47 Å². The fraction of sp³-hybridized carbons (Fsp3) is 0.290. The Labute approximate surface area is 220 Å². The fourth-order valence-corrected chi connectivity index (χ4v) is 6.64. The molecule has 7 heteroatoms. The number of anilines is 1. The van der Waals surface area contributed by atoms with E-state index < -0.39 is 12.6 Å². The number of nitrogens with zero attached hydrogens (tertiary/aromatic N) is 1. The van der Waals surface area contributed by atoms with Gasteiger partial charge in [-0.25, -0.2) is 4.79 Å². The SMILES string of the molecule is COc1cccc(C(=O)COC(=O)c2ccc(N3C(=O)[C@@H]4[C@@H]5C[C@@H]([C@@H]4C3=O)[C@H](c3ccccc3)C5)cc2)c1. The number of esters is 1. The Morgan fingerprint density at radius 3 is 2.32 bits per heavy atom. The Morgan fingerprint density at radius 1 is 0.842 bits per heavy atom. The Kier molecular flexibility index (Phi) is 6.06. The van der Waals surface area contributed by atoms with Crippen LogP contribution in [0.4, 0.5) is 5.69 Å². The van der Waals surface area contributed by atoms with Crippen LogP contribution in [-0.4, -0.2) is 37.3 Å². The van der Waals surface area contributed by atoms with E-state index >= 15 is 0 Å². The molecule has 2 bridgehead atoms. The second kappa shape index (κ2) is 9.56. The minimum atomic E-state index is -0.660. The summed E-state index contributed by atoms with van der Waals surface area (Å²) in [5.41, 5.74) is 2.31. The van der Waals surface area contributed by atoms with Gasteiger partial charge in [0.25, 0.3) is 0 Å². The lowest BCUT2D eigenvalue weighted by atomic mass is 9.73. The van der Waals surface area contributed by atoms with Crippen LogP contribution in [0, 0.1) is 23.7 Å². The molecule has 6 rings (SSSR count). The molecule has 192 valence electrons. The van der Waals surface area contributed by atoms with Crippen molar-refractivity contribution in [2.75, 3.05) is 18.6 Å². The van der Waals surface area contributed by atoms with Gasteiger partial charge in [-0.3, -0.25) is 19.3 Å². The van der Waals surface area contributed by atoms with Crippen molar-refractivity contribution in [1.29, 1.82) is 0 Å². The molecule has 0 radical (unpaired) electrons. The third kappa shape index (κ3) is 3.99. The highest BCUT2D eigenvalue weighted by atomic mass is 16.5. The zero-order chi connectivity index (χ0) is 26.4. The lowest BCUT2D eigenvalue weighted by molar-refractivity contribution is -0.123. The van der Waals surface area contributed by atoms with Crippen molar-refractivity contribution < 1.29 is 28.7 Å². The molecule has 3 fully saturated rings. The van der Waals surface area contributed by atoms with Gasteiger partial charge >= 0.3 is 5.97 Å². The number of ketones is 1. The molecule has 7 nitrogen and oxygen atoms in total. The van der Waals surface area contributed by atoms with Crippen molar-refractivity contribution >= 4 is 29.3 Å².